The molecular weight excluding hydrogens is 185 g/mol. The Labute approximate surface area is 81.4 Å². The SMILES string of the molecule is CCC(C(=O)O)c1ccc(F)c(N)c1. The topological polar surface area (TPSA) is 63.3 Å². The molecule has 76 valence electrons. The highest BCUT2D eigenvalue weighted by molar-refractivity contribution is 5.76. The largest absolute Gasteiger partial charge is 0.481 e. The van der Waals surface area contributed by atoms with Gasteiger partial charge in [0.2, 0.25) is 0 Å². The Kier molecular flexibility index (Phi) is 3.06. The molecule has 0 heterocycles. The molecule has 0 aliphatic carbocycles. The first-order chi connectivity index (χ1) is 6.56. The van der Waals surface area contributed by atoms with E-state index in [4.69, 9.17) is 10.8 Å². The third kappa shape index (κ3) is 2.02. The number of nitrogen functional groups attached to an aromatic ring is 1. The number of rotatable bonds is 3. The van der Waals surface area contributed by atoms with E-state index in [1.807, 2.05) is 0 Å². The van der Waals surface area contributed by atoms with Crippen LogP contribution in [0.1, 0.15) is 24.8 Å². The molecule has 0 fully saturated rings. The summed E-state index contributed by atoms with van der Waals surface area (Å²) in [7, 11) is 0. The summed E-state index contributed by atoms with van der Waals surface area (Å²) < 4.78 is 12.8. The number of carboxylic acids is 1. The fraction of sp³-hybridized carbons (Fsp3) is 0.300. The number of anilines is 1. The van der Waals surface area contributed by atoms with Crippen LogP contribution in [0.4, 0.5) is 10.1 Å². The lowest BCUT2D eigenvalue weighted by atomic mass is 9.96. The first-order valence-electron chi connectivity index (χ1n) is 4.34. The summed E-state index contributed by atoms with van der Waals surface area (Å²) in [5.41, 5.74) is 5.87. The monoisotopic (exact) mass is 197 g/mol. The van der Waals surface area contributed by atoms with Gasteiger partial charge < -0.3 is 10.8 Å². The Morgan fingerprint density at radius 1 is 1.64 bits per heavy atom. The maximum Gasteiger partial charge on any atom is 0.310 e. The third-order valence-corrected chi connectivity index (χ3v) is 2.13. The summed E-state index contributed by atoms with van der Waals surface area (Å²) in [4.78, 5) is 10.8. The van der Waals surface area contributed by atoms with Gasteiger partial charge in [-0.2, -0.15) is 0 Å². The second kappa shape index (κ2) is 4.09. The molecular formula is C10H12FNO2. The number of hydrogen-bond donors (Lipinski definition) is 2. The average Bonchev–Trinajstić information content (AvgIpc) is 2.11. The average molecular weight is 197 g/mol. The van der Waals surface area contributed by atoms with Crippen LogP contribution in [0.3, 0.4) is 0 Å². The molecule has 4 heteroatoms. The summed E-state index contributed by atoms with van der Waals surface area (Å²) in [5.74, 6) is -2.05. The van der Waals surface area contributed by atoms with Crippen molar-refractivity contribution in [2.75, 3.05) is 5.73 Å². The molecule has 0 aliphatic rings. The van der Waals surface area contributed by atoms with Gasteiger partial charge in [0.25, 0.3) is 0 Å². The Morgan fingerprint density at radius 3 is 2.71 bits per heavy atom. The normalized spacial score (nSPS) is 12.4. The smallest absolute Gasteiger partial charge is 0.310 e. The molecule has 0 spiro atoms. The Balaban J connectivity index is 3.06. The second-order valence-corrected chi connectivity index (χ2v) is 3.08. The number of nitrogens with two attached hydrogens (primary N) is 1. The summed E-state index contributed by atoms with van der Waals surface area (Å²) in [5, 5.41) is 8.85. The van der Waals surface area contributed by atoms with E-state index < -0.39 is 17.7 Å². The van der Waals surface area contributed by atoms with Crippen LogP contribution in [-0.2, 0) is 4.79 Å². The molecule has 1 rings (SSSR count). The minimum Gasteiger partial charge on any atom is -0.481 e. The molecule has 0 saturated carbocycles. The highest BCUT2D eigenvalue weighted by Crippen LogP contribution is 2.23. The minimum absolute atomic E-state index is 0.0119. The van der Waals surface area contributed by atoms with Crippen molar-refractivity contribution in [1.29, 1.82) is 0 Å². The van der Waals surface area contributed by atoms with E-state index in [9.17, 15) is 9.18 Å². The van der Waals surface area contributed by atoms with E-state index in [1.165, 1.54) is 18.2 Å². The number of carboxylic acid groups (broad SMARTS) is 1. The molecule has 3 nitrogen and oxygen atoms in total. The van der Waals surface area contributed by atoms with Crippen LogP contribution in [0.2, 0.25) is 0 Å². The van der Waals surface area contributed by atoms with Crippen LogP contribution in [0.15, 0.2) is 18.2 Å². The maximum atomic E-state index is 12.8. The highest BCUT2D eigenvalue weighted by Gasteiger charge is 2.18. The van der Waals surface area contributed by atoms with Gasteiger partial charge in [0, 0.05) is 0 Å². The van der Waals surface area contributed by atoms with Crippen LogP contribution in [0, 0.1) is 5.82 Å². The maximum absolute atomic E-state index is 12.8. The van der Waals surface area contributed by atoms with Gasteiger partial charge in [-0.15, -0.1) is 0 Å². The van der Waals surface area contributed by atoms with Gasteiger partial charge in [0.05, 0.1) is 11.6 Å². The van der Waals surface area contributed by atoms with Gasteiger partial charge in [-0.05, 0) is 24.1 Å². The molecule has 1 unspecified atom stereocenters. The quantitative estimate of drug-likeness (QED) is 0.728. The number of aliphatic carboxylic acids is 1. The number of halogens is 1. The molecule has 1 atom stereocenters. The van der Waals surface area contributed by atoms with Crippen LogP contribution < -0.4 is 5.73 Å². The van der Waals surface area contributed by atoms with E-state index in [0.29, 0.717) is 12.0 Å². The van der Waals surface area contributed by atoms with Crippen molar-refractivity contribution < 1.29 is 14.3 Å². The van der Waals surface area contributed by atoms with Gasteiger partial charge in [0.1, 0.15) is 5.82 Å². The minimum atomic E-state index is -0.918. The Bertz CT molecular complexity index is 352. The van der Waals surface area contributed by atoms with Crippen molar-refractivity contribution in [3.8, 4) is 0 Å². The van der Waals surface area contributed by atoms with Crippen LogP contribution in [0.25, 0.3) is 0 Å². The zero-order valence-electron chi connectivity index (χ0n) is 7.83. The van der Waals surface area contributed by atoms with Crippen molar-refractivity contribution in [1.82, 2.24) is 0 Å². The molecule has 14 heavy (non-hydrogen) atoms. The molecule has 0 amide bonds. The fourth-order valence-corrected chi connectivity index (χ4v) is 1.33. The highest BCUT2D eigenvalue weighted by atomic mass is 19.1. The molecule has 1 aromatic carbocycles. The third-order valence-electron chi connectivity index (χ3n) is 2.13. The van der Waals surface area contributed by atoms with Crippen molar-refractivity contribution in [3.05, 3.63) is 29.6 Å². The van der Waals surface area contributed by atoms with Gasteiger partial charge in [0.15, 0.2) is 0 Å². The fourth-order valence-electron chi connectivity index (χ4n) is 1.33. The van der Waals surface area contributed by atoms with E-state index in [2.05, 4.69) is 0 Å². The van der Waals surface area contributed by atoms with Crippen LogP contribution in [-0.4, -0.2) is 11.1 Å². The molecule has 0 bridgehead atoms. The van der Waals surface area contributed by atoms with Crippen molar-refractivity contribution in [3.63, 3.8) is 0 Å². The number of carbonyl (C=O) groups is 1. The predicted molar refractivity (Wildman–Crippen MR) is 51.5 cm³/mol. The zero-order valence-corrected chi connectivity index (χ0v) is 7.83. The molecule has 0 radical (unpaired) electrons. The van der Waals surface area contributed by atoms with Crippen LogP contribution in [0.5, 0.6) is 0 Å². The van der Waals surface area contributed by atoms with Crippen LogP contribution >= 0.6 is 0 Å². The van der Waals surface area contributed by atoms with Crippen molar-refractivity contribution >= 4 is 11.7 Å². The molecule has 0 saturated heterocycles. The standard InChI is InChI=1S/C10H12FNO2/c1-2-7(10(13)14)6-3-4-8(11)9(12)5-6/h3-5,7H,2,12H2,1H3,(H,13,14). The number of benzene rings is 1. The molecule has 0 aromatic heterocycles. The first-order valence-corrected chi connectivity index (χ1v) is 4.34. The van der Waals surface area contributed by atoms with E-state index in [1.54, 1.807) is 6.92 Å². The summed E-state index contributed by atoms with van der Waals surface area (Å²) in [6, 6.07) is 4.02. The summed E-state index contributed by atoms with van der Waals surface area (Å²) >= 11 is 0. The summed E-state index contributed by atoms with van der Waals surface area (Å²) in [6.45, 7) is 1.76. The summed E-state index contributed by atoms with van der Waals surface area (Å²) in [6.07, 6.45) is 0.459. The zero-order chi connectivity index (χ0) is 10.7. The van der Waals surface area contributed by atoms with Crippen molar-refractivity contribution in [2.45, 2.75) is 19.3 Å². The van der Waals surface area contributed by atoms with E-state index in [0.717, 1.165) is 0 Å². The lowest BCUT2D eigenvalue weighted by molar-refractivity contribution is -0.138. The second-order valence-electron chi connectivity index (χ2n) is 3.08. The lowest BCUT2D eigenvalue weighted by Gasteiger charge is -2.10. The van der Waals surface area contributed by atoms with Gasteiger partial charge in [-0.1, -0.05) is 13.0 Å². The Hall–Kier alpha value is -1.58. The van der Waals surface area contributed by atoms with Crippen molar-refractivity contribution in [2.24, 2.45) is 0 Å². The molecule has 0 aliphatic heterocycles. The lowest BCUT2D eigenvalue weighted by Crippen LogP contribution is -2.11. The number of hydrogen-bond acceptors (Lipinski definition) is 2. The van der Waals surface area contributed by atoms with E-state index in [-0.39, 0.29) is 5.69 Å². The van der Waals surface area contributed by atoms with E-state index >= 15 is 0 Å². The molecule has 1 aromatic rings. The van der Waals surface area contributed by atoms with Gasteiger partial charge in [-0.3, -0.25) is 4.79 Å². The van der Waals surface area contributed by atoms with Gasteiger partial charge in [-0.25, -0.2) is 4.39 Å². The predicted octanol–water partition coefficient (Wildman–Crippen LogP) is 1.99. The molecule has 3 N–H and O–H groups in total. The first kappa shape index (κ1) is 10.5. The Morgan fingerprint density at radius 2 is 2.29 bits per heavy atom. The van der Waals surface area contributed by atoms with Gasteiger partial charge >= 0.3 is 5.97 Å².